The van der Waals surface area contributed by atoms with E-state index in [0.717, 1.165) is 37.2 Å². The highest BCUT2D eigenvalue weighted by Gasteiger charge is 2.25. The van der Waals surface area contributed by atoms with Crippen molar-refractivity contribution in [3.05, 3.63) is 66.6 Å². The molecule has 4 rings (SSSR count). The fourth-order valence-corrected chi connectivity index (χ4v) is 4.36. The van der Waals surface area contributed by atoms with Crippen LogP contribution in [0.5, 0.6) is 0 Å². The van der Waals surface area contributed by atoms with Crippen molar-refractivity contribution < 1.29 is 9.32 Å². The summed E-state index contributed by atoms with van der Waals surface area (Å²) in [5.41, 5.74) is 0.952. The van der Waals surface area contributed by atoms with E-state index in [9.17, 15) is 4.79 Å². The van der Waals surface area contributed by atoms with Gasteiger partial charge >= 0.3 is 0 Å². The minimum atomic E-state index is 0.0885. The number of benzene rings is 2. The molecule has 1 saturated heterocycles. The molecular formula is C23H26N4O2S. The van der Waals surface area contributed by atoms with Gasteiger partial charge in [-0.1, -0.05) is 53.7 Å². The molecule has 0 unspecified atom stereocenters. The molecule has 1 fully saturated rings. The molecule has 0 atom stereocenters. The Labute approximate surface area is 181 Å². The average molecular weight is 423 g/mol. The smallest absolute Gasteiger partial charge is 0.241 e. The molecule has 0 saturated carbocycles. The van der Waals surface area contributed by atoms with Crippen molar-refractivity contribution in [3.63, 3.8) is 0 Å². The molecule has 0 aliphatic carbocycles. The summed E-state index contributed by atoms with van der Waals surface area (Å²) >= 11 is 1.76. The van der Waals surface area contributed by atoms with Gasteiger partial charge in [-0.25, -0.2) is 0 Å². The van der Waals surface area contributed by atoms with E-state index in [-0.39, 0.29) is 11.8 Å². The number of carbonyl (C=O) groups is 1. The summed E-state index contributed by atoms with van der Waals surface area (Å²) in [7, 11) is 0. The number of nitrogens with zero attached hydrogens (tertiary/aromatic N) is 3. The first-order valence-corrected chi connectivity index (χ1v) is 11.3. The van der Waals surface area contributed by atoms with Crippen LogP contribution >= 0.6 is 11.8 Å². The number of piperidine rings is 1. The average Bonchev–Trinajstić information content (AvgIpc) is 3.27. The van der Waals surface area contributed by atoms with Crippen molar-refractivity contribution >= 4 is 17.7 Å². The number of hydrogen-bond donors (Lipinski definition) is 1. The summed E-state index contributed by atoms with van der Waals surface area (Å²) < 4.78 is 5.41. The lowest BCUT2D eigenvalue weighted by Crippen LogP contribution is -2.40. The van der Waals surface area contributed by atoms with Gasteiger partial charge in [0.1, 0.15) is 0 Å². The van der Waals surface area contributed by atoms with Gasteiger partial charge in [-0.05, 0) is 38.1 Å². The van der Waals surface area contributed by atoms with Crippen LogP contribution in [-0.4, -0.2) is 46.3 Å². The largest absolute Gasteiger partial charge is 0.355 e. The van der Waals surface area contributed by atoms with Gasteiger partial charge < -0.3 is 9.84 Å². The Bertz CT molecular complexity index is 925. The Balaban J connectivity index is 1.17. The minimum absolute atomic E-state index is 0.0885. The maximum atomic E-state index is 12.5. The van der Waals surface area contributed by atoms with Crippen LogP contribution in [0.2, 0.25) is 0 Å². The highest BCUT2D eigenvalue weighted by Crippen LogP contribution is 2.21. The Morgan fingerprint density at radius 2 is 1.77 bits per heavy atom. The molecule has 1 amide bonds. The normalized spacial score (nSPS) is 15.2. The Morgan fingerprint density at radius 1 is 1.07 bits per heavy atom. The second kappa shape index (κ2) is 10.4. The van der Waals surface area contributed by atoms with Crippen molar-refractivity contribution in [2.24, 2.45) is 5.92 Å². The Morgan fingerprint density at radius 3 is 2.50 bits per heavy atom. The third-order valence-electron chi connectivity index (χ3n) is 5.23. The first kappa shape index (κ1) is 20.6. The van der Waals surface area contributed by atoms with Crippen molar-refractivity contribution in [3.8, 4) is 11.4 Å². The zero-order valence-corrected chi connectivity index (χ0v) is 17.7. The van der Waals surface area contributed by atoms with Gasteiger partial charge in [-0.15, -0.1) is 11.8 Å². The SMILES string of the molecule is O=C(NCCSc1ccccc1)C1CCN(Cc2nc(-c3ccccc3)no2)CC1. The van der Waals surface area contributed by atoms with E-state index in [1.165, 1.54) is 4.90 Å². The maximum absolute atomic E-state index is 12.5. The maximum Gasteiger partial charge on any atom is 0.241 e. The zero-order chi connectivity index (χ0) is 20.6. The third-order valence-corrected chi connectivity index (χ3v) is 6.24. The van der Waals surface area contributed by atoms with Crippen LogP contribution in [0, 0.1) is 5.92 Å². The van der Waals surface area contributed by atoms with Crippen molar-refractivity contribution in [2.75, 3.05) is 25.4 Å². The number of hydrogen-bond acceptors (Lipinski definition) is 6. The fourth-order valence-electron chi connectivity index (χ4n) is 3.57. The lowest BCUT2D eigenvalue weighted by molar-refractivity contribution is -0.126. The molecule has 156 valence electrons. The summed E-state index contributed by atoms with van der Waals surface area (Å²) in [6.45, 7) is 3.05. The van der Waals surface area contributed by atoms with E-state index in [1.54, 1.807) is 11.8 Å². The molecule has 2 heterocycles. The molecule has 1 aliphatic heterocycles. The zero-order valence-electron chi connectivity index (χ0n) is 16.9. The molecule has 1 aliphatic rings. The molecule has 2 aromatic carbocycles. The van der Waals surface area contributed by atoms with Crippen LogP contribution in [0.25, 0.3) is 11.4 Å². The van der Waals surface area contributed by atoms with Crippen molar-refractivity contribution in [1.82, 2.24) is 20.4 Å². The lowest BCUT2D eigenvalue weighted by Gasteiger charge is -2.30. The van der Waals surface area contributed by atoms with Gasteiger partial charge in [-0.2, -0.15) is 4.98 Å². The number of carbonyl (C=O) groups excluding carboxylic acids is 1. The molecule has 7 heteroatoms. The van der Waals surface area contributed by atoms with Gasteiger partial charge in [-0.3, -0.25) is 9.69 Å². The predicted molar refractivity (Wildman–Crippen MR) is 118 cm³/mol. The first-order chi connectivity index (χ1) is 14.8. The lowest BCUT2D eigenvalue weighted by atomic mass is 9.96. The van der Waals surface area contributed by atoms with Crippen LogP contribution in [-0.2, 0) is 11.3 Å². The predicted octanol–water partition coefficient (Wildman–Crippen LogP) is 3.86. The number of amides is 1. The van der Waals surface area contributed by atoms with Gasteiger partial charge in [0, 0.05) is 28.7 Å². The van der Waals surface area contributed by atoms with Gasteiger partial charge in [0.2, 0.25) is 17.6 Å². The monoisotopic (exact) mass is 422 g/mol. The molecule has 0 bridgehead atoms. The number of thioether (sulfide) groups is 1. The summed E-state index contributed by atoms with van der Waals surface area (Å²) in [4.78, 5) is 20.5. The van der Waals surface area contributed by atoms with E-state index in [0.29, 0.717) is 24.8 Å². The molecule has 0 spiro atoms. The van der Waals surface area contributed by atoms with Gasteiger partial charge in [0.15, 0.2) is 0 Å². The second-order valence-electron chi connectivity index (χ2n) is 7.38. The molecule has 3 aromatic rings. The number of rotatable bonds is 8. The highest BCUT2D eigenvalue weighted by molar-refractivity contribution is 7.99. The van der Waals surface area contributed by atoms with Gasteiger partial charge in [0.25, 0.3) is 0 Å². The highest BCUT2D eigenvalue weighted by atomic mass is 32.2. The van der Waals surface area contributed by atoms with E-state index in [4.69, 9.17) is 4.52 Å². The second-order valence-corrected chi connectivity index (χ2v) is 8.55. The summed E-state index contributed by atoms with van der Waals surface area (Å²) in [6.07, 6.45) is 1.72. The Hall–Kier alpha value is -2.64. The van der Waals surface area contributed by atoms with E-state index in [1.807, 2.05) is 48.5 Å². The van der Waals surface area contributed by atoms with Crippen molar-refractivity contribution in [2.45, 2.75) is 24.3 Å². The minimum Gasteiger partial charge on any atom is -0.355 e. The molecule has 6 nitrogen and oxygen atoms in total. The quantitative estimate of drug-likeness (QED) is 0.439. The van der Waals surface area contributed by atoms with Crippen molar-refractivity contribution in [1.29, 1.82) is 0 Å². The molecule has 1 N–H and O–H groups in total. The standard InChI is InChI=1S/C23H26N4O2S/c28-23(24-13-16-30-20-9-5-2-6-10-20)19-11-14-27(15-12-19)17-21-25-22(26-29-21)18-7-3-1-4-8-18/h1-10,19H,11-17H2,(H,24,28). The summed E-state index contributed by atoms with van der Waals surface area (Å²) in [5.74, 6) is 2.39. The number of nitrogens with one attached hydrogen (secondary N) is 1. The fraction of sp³-hybridized carbons (Fsp3) is 0.348. The summed E-state index contributed by atoms with van der Waals surface area (Å²) in [6, 6.07) is 20.1. The van der Waals surface area contributed by atoms with E-state index < -0.39 is 0 Å². The third kappa shape index (κ3) is 5.70. The van der Waals surface area contributed by atoms with Crippen LogP contribution in [0.15, 0.2) is 70.1 Å². The van der Waals surface area contributed by atoms with Crippen LogP contribution in [0.1, 0.15) is 18.7 Å². The molecule has 0 radical (unpaired) electrons. The molecule has 1 aromatic heterocycles. The Kier molecular flexibility index (Phi) is 7.16. The van der Waals surface area contributed by atoms with Crippen LogP contribution < -0.4 is 5.32 Å². The van der Waals surface area contributed by atoms with Crippen LogP contribution in [0.3, 0.4) is 0 Å². The molecule has 30 heavy (non-hydrogen) atoms. The first-order valence-electron chi connectivity index (χ1n) is 10.3. The van der Waals surface area contributed by atoms with Crippen LogP contribution in [0.4, 0.5) is 0 Å². The number of aromatic nitrogens is 2. The topological polar surface area (TPSA) is 71.3 Å². The molecular weight excluding hydrogens is 396 g/mol. The van der Waals surface area contributed by atoms with E-state index >= 15 is 0 Å². The van der Waals surface area contributed by atoms with Gasteiger partial charge in [0.05, 0.1) is 6.54 Å². The number of likely N-dealkylation sites (tertiary alicyclic amines) is 1. The summed E-state index contributed by atoms with van der Waals surface area (Å²) in [5, 5.41) is 7.17. The van der Waals surface area contributed by atoms with E-state index in [2.05, 4.69) is 32.5 Å².